The second kappa shape index (κ2) is 4.61. The minimum absolute atomic E-state index is 0.827. The highest BCUT2D eigenvalue weighted by Gasteiger charge is 2.13. The summed E-state index contributed by atoms with van der Waals surface area (Å²) in [5.41, 5.74) is 1.26. The lowest BCUT2D eigenvalue weighted by molar-refractivity contribution is 0.478. The van der Waals surface area contributed by atoms with Crippen LogP contribution < -0.4 is 0 Å². The van der Waals surface area contributed by atoms with Gasteiger partial charge in [-0.3, -0.25) is 0 Å². The largest absolute Gasteiger partial charge is 0.250 e. The van der Waals surface area contributed by atoms with Gasteiger partial charge in [0.05, 0.1) is 0 Å². The Morgan fingerprint density at radius 3 is 2.76 bits per heavy atom. The Labute approximate surface area is 109 Å². The third kappa shape index (κ3) is 2.41. The summed E-state index contributed by atoms with van der Waals surface area (Å²) in [6.45, 7) is 1.03. The Bertz CT molecular complexity index is 492. The van der Waals surface area contributed by atoms with E-state index in [0.29, 0.717) is 0 Å². The van der Waals surface area contributed by atoms with Gasteiger partial charge < -0.3 is 0 Å². The zero-order chi connectivity index (χ0) is 11.7. The standard InChI is InChI=1S/C13H14BrN3/c14-11-6-4-10(5-7-11)9-12-15-13-3-1-2-8-17(13)16-12/h4-7H,1-3,8-9H2. The van der Waals surface area contributed by atoms with E-state index in [2.05, 4.69) is 55.0 Å². The SMILES string of the molecule is Brc1ccc(Cc2nc3n(n2)CCCC3)cc1. The third-order valence-corrected chi connectivity index (χ3v) is 3.62. The number of halogens is 1. The number of rotatable bonds is 2. The van der Waals surface area contributed by atoms with Crippen molar-refractivity contribution < 1.29 is 0 Å². The molecule has 1 aliphatic rings. The van der Waals surface area contributed by atoms with Crippen molar-refractivity contribution in [3.63, 3.8) is 0 Å². The van der Waals surface area contributed by atoms with E-state index >= 15 is 0 Å². The van der Waals surface area contributed by atoms with Gasteiger partial charge in [-0.1, -0.05) is 28.1 Å². The van der Waals surface area contributed by atoms with Crippen molar-refractivity contribution in [3.05, 3.63) is 46.0 Å². The molecule has 3 rings (SSSR count). The molecule has 88 valence electrons. The van der Waals surface area contributed by atoms with Gasteiger partial charge in [0, 0.05) is 23.9 Å². The molecule has 1 aliphatic heterocycles. The Hall–Kier alpha value is -1.16. The zero-order valence-electron chi connectivity index (χ0n) is 9.56. The first-order valence-electron chi connectivity index (χ1n) is 5.98. The number of aryl methyl sites for hydroxylation is 2. The van der Waals surface area contributed by atoms with Crippen LogP contribution in [0.4, 0.5) is 0 Å². The minimum atomic E-state index is 0.827. The van der Waals surface area contributed by atoms with Crippen molar-refractivity contribution in [1.82, 2.24) is 14.8 Å². The number of aromatic nitrogens is 3. The summed E-state index contributed by atoms with van der Waals surface area (Å²) in [5.74, 6) is 2.10. The van der Waals surface area contributed by atoms with Crippen LogP contribution in [0.3, 0.4) is 0 Å². The molecular formula is C13H14BrN3. The van der Waals surface area contributed by atoms with Crippen LogP contribution in [0.25, 0.3) is 0 Å². The maximum absolute atomic E-state index is 4.61. The summed E-state index contributed by atoms with van der Waals surface area (Å²) in [5, 5.41) is 4.56. The first kappa shape index (κ1) is 11.0. The topological polar surface area (TPSA) is 30.7 Å². The fourth-order valence-electron chi connectivity index (χ4n) is 2.19. The van der Waals surface area contributed by atoms with Crippen LogP contribution in [-0.2, 0) is 19.4 Å². The van der Waals surface area contributed by atoms with Gasteiger partial charge in [-0.25, -0.2) is 9.67 Å². The van der Waals surface area contributed by atoms with Crippen molar-refractivity contribution in [2.24, 2.45) is 0 Å². The third-order valence-electron chi connectivity index (χ3n) is 3.09. The van der Waals surface area contributed by atoms with Crippen molar-refractivity contribution in [1.29, 1.82) is 0 Å². The zero-order valence-corrected chi connectivity index (χ0v) is 11.2. The first-order chi connectivity index (χ1) is 8.31. The molecule has 0 spiro atoms. The highest BCUT2D eigenvalue weighted by atomic mass is 79.9. The van der Waals surface area contributed by atoms with Crippen LogP contribution in [-0.4, -0.2) is 14.8 Å². The summed E-state index contributed by atoms with van der Waals surface area (Å²) in [7, 11) is 0. The van der Waals surface area contributed by atoms with E-state index in [1.807, 2.05) is 0 Å². The number of benzene rings is 1. The molecule has 0 unspecified atom stereocenters. The van der Waals surface area contributed by atoms with Gasteiger partial charge in [0.15, 0.2) is 5.82 Å². The van der Waals surface area contributed by atoms with E-state index in [4.69, 9.17) is 0 Å². The van der Waals surface area contributed by atoms with Crippen LogP contribution in [0.5, 0.6) is 0 Å². The molecule has 0 bridgehead atoms. The van der Waals surface area contributed by atoms with Crippen molar-refractivity contribution in [2.45, 2.75) is 32.2 Å². The molecule has 1 aromatic carbocycles. The van der Waals surface area contributed by atoms with Crippen LogP contribution >= 0.6 is 15.9 Å². The van der Waals surface area contributed by atoms with Crippen LogP contribution in [0.2, 0.25) is 0 Å². The summed E-state index contributed by atoms with van der Waals surface area (Å²) in [4.78, 5) is 4.61. The second-order valence-electron chi connectivity index (χ2n) is 4.43. The number of hydrogen-bond donors (Lipinski definition) is 0. The highest BCUT2D eigenvalue weighted by molar-refractivity contribution is 9.10. The Kier molecular flexibility index (Phi) is 2.97. The number of hydrogen-bond acceptors (Lipinski definition) is 2. The molecule has 3 nitrogen and oxygen atoms in total. The predicted octanol–water partition coefficient (Wildman–Crippen LogP) is 2.97. The quantitative estimate of drug-likeness (QED) is 0.852. The van der Waals surface area contributed by atoms with Crippen molar-refractivity contribution in [3.8, 4) is 0 Å². The summed E-state index contributed by atoms with van der Waals surface area (Å²) in [6.07, 6.45) is 4.38. The monoisotopic (exact) mass is 291 g/mol. The van der Waals surface area contributed by atoms with Crippen LogP contribution in [0.1, 0.15) is 30.1 Å². The smallest absolute Gasteiger partial charge is 0.155 e. The fraction of sp³-hybridized carbons (Fsp3) is 0.385. The lowest BCUT2D eigenvalue weighted by Gasteiger charge is -2.09. The molecule has 0 atom stereocenters. The number of nitrogens with zero attached hydrogens (tertiary/aromatic N) is 3. The van der Waals surface area contributed by atoms with Gasteiger partial charge in [-0.15, -0.1) is 0 Å². The molecular weight excluding hydrogens is 278 g/mol. The summed E-state index contributed by atoms with van der Waals surface area (Å²) < 4.78 is 3.18. The minimum Gasteiger partial charge on any atom is -0.250 e. The average molecular weight is 292 g/mol. The molecule has 0 amide bonds. The Balaban J connectivity index is 1.80. The molecule has 4 heteroatoms. The van der Waals surface area contributed by atoms with Gasteiger partial charge in [0.2, 0.25) is 0 Å². The van der Waals surface area contributed by atoms with E-state index in [1.165, 1.54) is 18.4 Å². The Morgan fingerprint density at radius 2 is 2.00 bits per heavy atom. The van der Waals surface area contributed by atoms with Crippen molar-refractivity contribution in [2.75, 3.05) is 0 Å². The lowest BCUT2D eigenvalue weighted by atomic mass is 10.1. The lowest BCUT2D eigenvalue weighted by Crippen LogP contribution is -2.11. The van der Waals surface area contributed by atoms with E-state index in [0.717, 1.165) is 35.5 Å². The van der Waals surface area contributed by atoms with E-state index in [9.17, 15) is 0 Å². The molecule has 2 heterocycles. The maximum atomic E-state index is 4.61. The van der Waals surface area contributed by atoms with E-state index in [1.54, 1.807) is 0 Å². The fourth-order valence-corrected chi connectivity index (χ4v) is 2.46. The van der Waals surface area contributed by atoms with Gasteiger partial charge in [0.25, 0.3) is 0 Å². The first-order valence-corrected chi connectivity index (χ1v) is 6.77. The normalized spacial score (nSPS) is 14.6. The van der Waals surface area contributed by atoms with Gasteiger partial charge in [-0.2, -0.15) is 5.10 Å². The highest BCUT2D eigenvalue weighted by Crippen LogP contribution is 2.15. The maximum Gasteiger partial charge on any atom is 0.155 e. The molecule has 17 heavy (non-hydrogen) atoms. The summed E-state index contributed by atoms with van der Waals surface area (Å²) in [6, 6.07) is 8.35. The molecule has 0 aliphatic carbocycles. The van der Waals surface area contributed by atoms with Crippen LogP contribution in [0, 0.1) is 0 Å². The van der Waals surface area contributed by atoms with Gasteiger partial charge >= 0.3 is 0 Å². The van der Waals surface area contributed by atoms with Gasteiger partial charge in [0.1, 0.15) is 5.82 Å². The van der Waals surface area contributed by atoms with Gasteiger partial charge in [-0.05, 0) is 30.5 Å². The molecule has 0 saturated carbocycles. The molecule has 0 N–H and O–H groups in total. The average Bonchev–Trinajstić information content (AvgIpc) is 2.74. The van der Waals surface area contributed by atoms with Crippen molar-refractivity contribution >= 4 is 15.9 Å². The molecule has 1 aromatic heterocycles. The Morgan fingerprint density at radius 1 is 1.18 bits per heavy atom. The molecule has 0 saturated heterocycles. The molecule has 0 radical (unpaired) electrons. The number of fused-ring (bicyclic) bond motifs is 1. The van der Waals surface area contributed by atoms with E-state index in [-0.39, 0.29) is 0 Å². The molecule has 0 fully saturated rings. The second-order valence-corrected chi connectivity index (χ2v) is 5.34. The van der Waals surface area contributed by atoms with E-state index < -0.39 is 0 Å². The summed E-state index contributed by atoms with van der Waals surface area (Å²) >= 11 is 3.44. The molecule has 2 aromatic rings. The predicted molar refractivity (Wildman–Crippen MR) is 69.9 cm³/mol. The van der Waals surface area contributed by atoms with Crippen LogP contribution in [0.15, 0.2) is 28.7 Å².